The third-order valence-electron chi connectivity index (χ3n) is 3.78. The highest BCUT2D eigenvalue weighted by Crippen LogP contribution is 2.29. The summed E-state index contributed by atoms with van der Waals surface area (Å²) in [6.07, 6.45) is 0. The lowest BCUT2D eigenvalue weighted by Gasteiger charge is -2.15. The fraction of sp³-hybridized carbons (Fsp3) is 0.263. The third-order valence-corrected chi connectivity index (χ3v) is 4.41. The molecule has 1 unspecified atom stereocenters. The molecule has 6 nitrogen and oxygen atoms in total. The van der Waals surface area contributed by atoms with E-state index >= 15 is 0 Å². The normalized spacial score (nSPS) is 11.6. The number of amides is 2. The van der Waals surface area contributed by atoms with Crippen LogP contribution in [0.15, 0.2) is 36.4 Å². The Morgan fingerprint density at radius 1 is 1.04 bits per heavy atom. The van der Waals surface area contributed by atoms with Gasteiger partial charge in [0.15, 0.2) is 13.1 Å². The SMILES string of the molecule is COc1ccc(C)cc1NC(=O)C[NH+](C)CC(=O)Nc1c(Cl)cccc1Cl. The second kappa shape index (κ2) is 9.60. The topological polar surface area (TPSA) is 71.9 Å². The summed E-state index contributed by atoms with van der Waals surface area (Å²) in [4.78, 5) is 25.2. The van der Waals surface area contributed by atoms with Crippen LogP contribution in [0, 0.1) is 6.92 Å². The van der Waals surface area contributed by atoms with Gasteiger partial charge in [-0.2, -0.15) is 0 Å². The van der Waals surface area contributed by atoms with E-state index in [-0.39, 0.29) is 24.9 Å². The molecule has 0 spiro atoms. The van der Waals surface area contributed by atoms with Crippen LogP contribution in [-0.2, 0) is 9.59 Å². The number of aryl methyl sites for hydroxylation is 1. The Labute approximate surface area is 168 Å². The van der Waals surface area contributed by atoms with Crippen LogP contribution in [-0.4, -0.2) is 39.1 Å². The lowest BCUT2D eigenvalue weighted by molar-refractivity contribution is -0.862. The van der Waals surface area contributed by atoms with Crippen LogP contribution in [0.2, 0.25) is 10.0 Å². The van der Waals surface area contributed by atoms with Gasteiger partial charge in [-0.15, -0.1) is 0 Å². The highest BCUT2D eigenvalue weighted by atomic mass is 35.5. The Balaban J connectivity index is 1.91. The predicted molar refractivity (Wildman–Crippen MR) is 108 cm³/mol. The first-order valence-corrected chi connectivity index (χ1v) is 9.05. The second-order valence-corrected chi connectivity index (χ2v) is 7.02. The maximum absolute atomic E-state index is 12.3. The molecule has 0 saturated heterocycles. The molecule has 144 valence electrons. The summed E-state index contributed by atoms with van der Waals surface area (Å²) in [5, 5.41) is 6.22. The van der Waals surface area contributed by atoms with E-state index in [1.54, 1.807) is 38.4 Å². The van der Waals surface area contributed by atoms with Crippen molar-refractivity contribution in [1.82, 2.24) is 0 Å². The first kappa shape index (κ1) is 21.0. The fourth-order valence-electron chi connectivity index (χ4n) is 2.53. The van der Waals surface area contributed by atoms with Crippen LogP contribution >= 0.6 is 23.2 Å². The van der Waals surface area contributed by atoms with Crippen LogP contribution in [0.3, 0.4) is 0 Å². The van der Waals surface area contributed by atoms with E-state index in [0.717, 1.165) is 5.56 Å². The van der Waals surface area contributed by atoms with Gasteiger partial charge >= 0.3 is 0 Å². The van der Waals surface area contributed by atoms with Crippen LogP contribution in [0.25, 0.3) is 0 Å². The molecule has 2 aromatic carbocycles. The number of para-hydroxylation sites is 1. The molecule has 2 amide bonds. The molecule has 0 aliphatic heterocycles. The zero-order valence-electron chi connectivity index (χ0n) is 15.4. The number of halogens is 2. The number of hydrogen-bond acceptors (Lipinski definition) is 3. The second-order valence-electron chi connectivity index (χ2n) is 6.21. The average molecular weight is 411 g/mol. The highest BCUT2D eigenvalue weighted by molar-refractivity contribution is 6.39. The van der Waals surface area contributed by atoms with Crippen LogP contribution in [0.4, 0.5) is 11.4 Å². The van der Waals surface area contributed by atoms with Gasteiger partial charge < -0.3 is 20.3 Å². The Kier molecular flexibility index (Phi) is 7.47. The predicted octanol–water partition coefficient (Wildman–Crippen LogP) is 2.40. The number of carbonyl (C=O) groups excluding carboxylic acids is 2. The lowest BCUT2D eigenvalue weighted by Crippen LogP contribution is -3.11. The largest absolute Gasteiger partial charge is 0.495 e. The molecule has 2 rings (SSSR count). The van der Waals surface area contributed by atoms with Gasteiger partial charge in [-0.25, -0.2) is 0 Å². The van der Waals surface area contributed by atoms with Gasteiger partial charge in [0.05, 0.1) is 35.6 Å². The molecule has 0 fully saturated rings. The van der Waals surface area contributed by atoms with Crippen molar-refractivity contribution < 1.29 is 19.2 Å². The highest BCUT2D eigenvalue weighted by Gasteiger charge is 2.17. The molecule has 0 aromatic heterocycles. The molecular formula is C19H22Cl2N3O3+. The van der Waals surface area contributed by atoms with Crippen molar-refractivity contribution in [2.24, 2.45) is 0 Å². The maximum atomic E-state index is 12.3. The Morgan fingerprint density at radius 3 is 2.22 bits per heavy atom. The number of anilines is 2. The summed E-state index contributed by atoms with van der Waals surface area (Å²) in [5.41, 5.74) is 1.97. The summed E-state index contributed by atoms with van der Waals surface area (Å²) < 4.78 is 5.25. The zero-order chi connectivity index (χ0) is 20.0. The number of methoxy groups -OCH3 is 1. The number of carbonyl (C=O) groups is 2. The molecule has 27 heavy (non-hydrogen) atoms. The molecule has 0 aliphatic carbocycles. The molecule has 1 atom stereocenters. The van der Waals surface area contributed by atoms with Crippen molar-refractivity contribution in [1.29, 1.82) is 0 Å². The lowest BCUT2D eigenvalue weighted by atomic mass is 10.2. The van der Waals surface area contributed by atoms with Gasteiger partial charge in [0.25, 0.3) is 11.8 Å². The number of hydrogen-bond donors (Lipinski definition) is 3. The minimum atomic E-state index is -0.288. The van der Waals surface area contributed by atoms with E-state index in [1.807, 2.05) is 19.1 Å². The van der Waals surface area contributed by atoms with E-state index in [9.17, 15) is 9.59 Å². The molecule has 0 heterocycles. The van der Waals surface area contributed by atoms with Gasteiger partial charge in [-0.05, 0) is 36.8 Å². The van der Waals surface area contributed by atoms with E-state index in [2.05, 4.69) is 10.6 Å². The summed E-state index contributed by atoms with van der Waals surface area (Å²) in [6, 6.07) is 10.5. The zero-order valence-corrected chi connectivity index (χ0v) is 16.9. The van der Waals surface area contributed by atoms with Crippen molar-refractivity contribution in [2.45, 2.75) is 6.92 Å². The molecule has 8 heteroatoms. The van der Waals surface area contributed by atoms with E-state index in [0.29, 0.717) is 32.1 Å². The molecule has 0 aliphatic rings. The van der Waals surface area contributed by atoms with Crippen molar-refractivity contribution >= 4 is 46.4 Å². The van der Waals surface area contributed by atoms with Gasteiger partial charge in [0.1, 0.15) is 5.75 Å². The van der Waals surface area contributed by atoms with Crippen LogP contribution in [0.1, 0.15) is 5.56 Å². The quantitative estimate of drug-likeness (QED) is 0.656. The van der Waals surface area contributed by atoms with Gasteiger partial charge in [0, 0.05) is 0 Å². The number of benzene rings is 2. The minimum Gasteiger partial charge on any atom is -0.495 e. The number of nitrogens with one attached hydrogen (secondary N) is 3. The van der Waals surface area contributed by atoms with Gasteiger partial charge in [-0.3, -0.25) is 9.59 Å². The third kappa shape index (κ3) is 6.13. The molecule has 0 radical (unpaired) electrons. The minimum absolute atomic E-state index is 0.0833. The molecular weight excluding hydrogens is 389 g/mol. The molecule has 3 N–H and O–H groups in total. The number of ether oxygens (including phenoxy) is 1. The summed E-state index contributed by atoms with van der Waals surface area (Å²) in [6.45, 7) is 2.12. The Hall–Kier alpha value is -2.28. The number of rotatable bonds is 7. The summed E-state index contributed by atoms with van der Waals surface area (Å²) in [5.74, 6) is 0.0705. The smallest absolute Gasteiger partial charge is 0.279 e. The summed E-state index contributed by atoms with van der Waals surface area (Å²) in [7, 11) is 3.29. The standard InChI is InChI=1S/C19H21Cl2N3O3/c1-12-7-8-16(27-3)15(9-12)22-17(25)10-24(2)11-18(26)23-19-13(20)5-4-6-14(19)21/h4-9H,10-11H2,1-3H3,(H,22,25)(H,23,26)/p+1. The van der Waals surface area contributed by atoms with Crippen LogP contribution < -0.4 is 20.3 Å². The Bertz CT molecular complexity index is 823. The monoisotopic (exact) mass is 410 g/mol. The first-order chi connectivity index (χ1) is 12.8. The maximum Gasteiger partial charge on any atom is 0.279 e. The summed E-state index contributed by atoms with van der Waals surface area (Å²) >= 11 is 12.1. The van der Waals surface area contributed by atoms with E-state index in [1.165, 1.54) is 0 Å². The van der Waals surface area contributed by atoms with E-state index < -0.39 is 0 Å². The van der Waals surface area contributed by atoms with E-state index in [4.69, 9.17) is 27.9 Å². The van der Waals surface area contributed by atoms with Crippen molar-refractivity contribution in [2.75, 3.05) is 37.9 Å². The molecule has 0 saturated carbocycles. The van der Waals surface area contributed by atoms with Crippen molar-refractivity contribution in [3.63, 3.8) is 0 Å². The van der Waals surface area contributed by atoms with Crippen LogP contribution in [0.5, 0.6) is 5.75 Å². The Morgan fingerprint density at radius 2 is 1.63 bits per heavy atom. The fourth-order valence-corrected chi connectivity index (χ4v) is 3.02. The number of quaternary nitrogens is 1. The number of likely N-dealkylation sites (N-methyl/N-ethyl adjacent to an activating group) is 1. The van der Waals surface area contributed by atoms with Crippen molar-refractivity contribution in [3.8, 4) is 5.75 Å². The average Bonchev–Trinajstić information content (AvgIpc) is 2.58. The van der Waals surface area contributed by atoms with Gasteiger partial charge in [-0.1, -0.05) is 35.3 Å². The van der Waals surface area contributed by atoms with Crippen molar-refractivity contribution in [3.05, 3.63) is 52.0 Å². The van der Waals surface area contributed by atoms with Gasteiger partial charge in [0.2, 0.25) is 0 Å². The molecule has 2 aromatic rings. The molecule has 0 bridgehead atoms. The first-order valence-electron chi connectivity index (χ1n) is 8.29.